The Morgan fingerprint density at radius 1 is 0.667 bits per heavy atom. The van der Waals surface area contributed by atoms with Crippen LogP contribution in [0.25, 0.3) is 0 Å². The van der Waals surface area contributed by atoms with Gasteiger partial charge in [-0.25, -0.2) is 9.59 Å². The molecule has 15 heteroatoms. The van der Waals surface area contributed by atoms with Crippen LogP contribution in [0.2, 0.25) is 0 Å². The zero-order chi connectivity index (χ0) is 21.5. The standard InChI is InChI=1S/C12H11NO14/c14-4(15)3-1-2-13(9(24)25,10(26)27)12(7(20)21,8(22)23)11(3,5(16)17)6(18)19/h3H,1-2H2,(H6-,14,15,16,17,18,19,20,21,22,23,24,25,26,27)/p+1. The minimum absolute atomic E-state index is 1.27. The second-order valence-electron chi connectivity index (χ2n) is 5.52. The number of aliphatic carboxylic acids is 5. The van der Waals surface area contributed by atoms with Gasteiger partial charge in [0.25, 0.3) is 5.41 Å². The molecule has 7 N–H and O–H groups in total. The number of piperidine rings is 1. The van der Waals surface area contributed by atoms with Gasteiger partial charge in [-0.05, 0) is 0 Å². The van der Waals surface area contributed by atoms with E-state index in [-0.39, 0.29) is 0 Å². The van der Waals surface area contributed by atoms with Crippen LogP contribution in [0.3, 0.4) is 0 Å². The van der Waals surface area contributed by atoms with Crippen molar-refractivity contribution in [3.63, 3.8) is 0 Å². The Kier molecular flexibility index (Phi) is 4.89. The molecule has 0 aromatic heterocycles. The van der Waals surface area contributed by atoms with E-state index in [1.54, 1.807) is 0 Å². The number of rotatable bonds is 5. The molecule has 0 spiro atoms. The number of hydrogen-bond acceptors (Lipinski definition) is 7. The lowest BCUT2D eigenvalue weighted by atomic mass is 9.56. The highest BCUT2D eigenvalue weighted by molar-refractivity contribution is 6.19. The summed E-state index contributed by atoms with van der Waals surface area (Å²) in [5, 5.41) is 65.7. The number of amides is 2. The van der Waals surface area contributed by atoms with E-state index in [9.17, 15) is 69.3 Å². The van der Waals surface area contributed by atoms with Crippen molar-refractivity contribution in [3.8, 4) is 0 Å². The third-order valence-electron chi connectivity index (χ3n) is 4.66. The molecular formula is C12H12NO14+. The predicted octanol–water partition coefficient (Wildman–Crippen LogP) is -1.67. The van der Waals surface area contributed by atoms with E-state index in [0.717, 1.165) is 0 Å². The van der Waals surface area contributed by atoms with Crippen molar-refractivity contribution < 1.29 is 73.8 Å². The lowest BCUT2D eigenvalue weighted by Crippen LogP contribution is -2.88. The Morgan fingerprint density at radius 3 is 1.26 bits per heavy atom. The molecule has 0 aromatic carbocycles. The van der Waals surface area contributed by atoms with Crippen LogP contribution < -0.4 is 0 Å². The molecule has 1 unspecified atom stereocenters. The quantitative estimate of drug-likeness (QED) is 0.203. The molecule has 2 amide bonds. The fraction of sp³-hybridized carbons (Fsp3) is 0.417. The van der Waals surface area contributed by atoms with E-state index in [1.807, 2.05) is 0 Å². The van der Waals surface area contributed by atoms with E-state index >= 15 is 0 Å². The van der Waals surface area contributed by atoms with Crippen molar-refractivity contribution in [2.24, 2.45) is 11.3 Å². The van der Waals surface area contributed by atoms with Crippen LogP contribution in [0.5, 0.6) is 0 Å². The summed E-state index contributed by atoms with van der Waals surface area (Å²) in [6, 6.07) is 0. The summed E-state index contributed by atoms with van der Waals surface area (Å²) in [5.41, 5.74) is -9.05. The number of carboxylic acid groups (broad SMARTS) is 7. The summed E-state index contributed by atoms with van der Waals surface area (Å²) < 4.78 is -3.10. The maximum absolute atomic E-state index is 11.9. The van der Waals surface area contributed by atoms with E-state index in [1.165, 1.54) is 0 Å². The summed E-state index contributed by atoms with van der Waals surface area (Å²) in [4.78, 5) is 82.2. The van der Waals surface area contributed by atoms with Gasteiger partial charge in [0.15, 0.2) is 0 Å². The zero-order valence-corrected chi connectivity index (χ0v) is 12.9. The monoisotopic (exact) mass is 394 g/mol. The Balaban J connectivity index is 4.44. The van der Waals surface area contributed by atoms with Crippen molar-refractivity contribution in [1.29, 1.82) is 0 Å². The molecule has 0 aromatic rings. The topological polar surface area (TPSA) is 261 Å². The summed E-state index contributed by atoms with van der Waals surface area (Å²) in [7, 11) is 0. The van der Waals surface area contributed by atoms with Gasteiger partial charge in [0, 0.05) is 6.42 Å². The van der Waals surface area contributed by atoms with E-state index < -0.39 is 76.4 Å². The highest BCUT2D eigenvalue weighted by Crippen LogP contribution is 2.53. The molecule has 1 heterocycles. The van der Waals surface area contributed by atoms with Gasteiger partial charge in [0.05, 0.1) is 5.92 Å². The first-order valence-electron chi connectivity index (χ1n) is 6.72. The van der Waals surface area contributed by atoms with Crippen molar-refractivity contribution in [2.45, 2.75) is 12.0 Å². The average Bonchev–Trinajstić information content (AvgIpc) is 2.50. The van der Waals surface area contributed by atoms with Crippen LogP contribution in [0, 0.1) is 11.3 Å². The van der Waals surface area contributed by atoms with E-state index in [4.69, 9.17) is 0 Å². The Labute approximate surface area is 146 Å². The van der Waals surface area contributed by atoms with Gasteiger partial charge >= 0.3 is 47.6 Å². The lowest BCUT2D eigenvalue weighted by Gasteiger charge is -2.51. The van der Waals surface area contributed by atoms with Gasteiger partial charge < -0.3 is 35.7 Å². The fourth-order valence-corrected chi connectivity index (χ4v) is 3.58. The summed E-state index contributed by atoms with van der Waals surface area (Å²) in [6.45, 7) is -1.53. The second-order valence-corrected chi connectivity index (χ2v) is 5.52. The van der Waals surface area contributed by atoms with Gasteiger partial charge in [-0.15, -0.1) is 0 Å². The van der Waals surface area contributed by atoms with Crippen molar-refractivity contribution in [1.82, 2.24) is 0 Å². The summed E-state index contributed by atoms with van der Waals surface area (Å²) >= 11 is 0. The molecule has 0 saturated carbocycles. The molecule has 1 aliphatic rings. The number of nitrogens with zero attached hydrogens (tertiary/aromatic N) is 1. The first-order chi connectivity index (χ1) is 12.2. The average molecular weight is 394 g/mol. The van der Waals surface area contributed by atoms with Gasteiger partial charge in [-0.1, -0.05) is 4.48 Å². The number of carboxylic acids is 5. The highest BCUT2D eigenvalue weighted by atomic mass is 16.5. The smallest absolute Gasteiger partial charge is 0.481 e. The molecule has 0 bridgehead atoms. The largest absolute Gasteiger partial charge is 0.525 e. The molecule has 148 valence electrons. The lowest BCUT2D eigenvalue weighted by molar-refractivity contribution is -0.836. The number of carbonyl (C=O) groups is 7. The van der Waals surface area contributed by atoms with Crippen LogP contribution in [0.15, 0.2) is 0 Å². The Morgan fingerprint density at radius 2 is 1.04 bits per heavy atom. The zero-order valence-electron chi connectivity index (χ0n) is 12.9. The molecule has 0 radical (unpaired) electrons. The first kappa shape index (κ1) is 21.3. The summed E-state index contributed by atoms with van der Waals surface area (Å²) in [5.74, 6) is -16.6. The minimum Gasteiger partial charge on any atom is -0.481 e. The number of imide groups is 1. The normalized spacial score (nSPS) is 22.1. The van der Waals surface area contributed by atoms with Crippen LogP contribution in [-0.2, 0) is 24.0 Å². The molecule has 15 nitrogen and oxygen atoms in total. The van der Waals surface area contributed by atoms with Gasteiger partial charge in [0.1, 0.15) is 6.54 Å². The van der Waals surface area contributed by atoms with E-state index in [0.29, 0.717) is 0 Å². The molecule has 1 aliphatic heterocycles. The van der Waals surface area contributed by atoms with E-state index in [2.05, 4.69) is 0 Å². The van der Waals surface area contributed by atoms with Crippen LogP contribution in [0.1, 0.15) is 6.42 Å². The van der Waals surface area contributed by atoms with Gasteiger partial charge in [0.2, 0.25) is 0 Å². The molecule has 1 saturated heterocycles. The molecular weight excluding hydrogens is 382 g/mol. The van der Waals surface area contributed by atoms with Crippen molar-refractivity contribution >= 4 is 42.0 Å². The third-order valence-corrected chi connectivity index (χ3v) is 4.66. The third kappa shape index (κ3) is 2.08. The maximum atomic E-state index is 11.9. The molecule has 27 heavy (non-hydrogen) atoms. The van der Waals surface area contributed by atoms with Gasteiger partial charge in [-0.3, -0.25) is 14.4 Å². The first-order valence-corrected chi connectivity index (χ1v) is 6.72. The van der Waals surface area contributed by atoms with Crippen LogP contribution in [-0.4, -0.2) is 94.3 Å². The van der Waals surface area contributed by atoms with Crippen LogP contribution in [0.4, 0.5) is 9.59 Å². The molecule has 1 fully saturated rings. The number of quaternary nitrogens is 1. The Bertz CT molecular complexity index is 739. The molecule has 1 rings (SSSR count). The predicted molar refractivity (Wildman–Crippen MR) is 72.6 cm³/mol. The molecule has 1 atom stereocenters. The molecule has 0 aliphatic carbocycles. The summed E-state index contributed by atoms with van der Waals surface area (Å²) in [6.07, 6.45) is -6.68. The maximum Gasteiger partial charge on any atom is 0.525 e. The minimum atomic E-state index is -4.66. The van der Waals surface area contributed by atoms with Crippen molar-refractivity contribution in [3.05, 3.63) is 0 Å². The van der Waals surface area contributed by atoms with Crippen molar-refractivity contribution in [2.75, 3.05) is 6.54 Å². The van der Waals surface area contributed by atoms with Crippen LogP contribution >= 0.6 is 0 Å². The fourth-order valence-electron chi connectivity index (χ4n) is 3.58. The Hall–Kier alpha value is -3.75. The second kappa shape index (κ2) is 6.20. The SMILES string of the molecule is O=C(O)C1CC[N+](C(=O)O)(C(=O)O)C(C(=O)O)(C(=O)O)C1(C(=O)O)C(=O)O. The number of hydrogen-bond donors (Lipinski definition) is 7. The number of likely N-dealkylation sites (tertiary alicyclic amines) is 1. The highest BCUT2D eigenvalue weighted by Gasteiger charge is 2.91. The van der Waals surface area contributed by atoms with Gasteiger partial charge in [-0.2, -0.15) is 9.59 Å².